The molecule has 1 fully saturated rings. The number of carbonyl (C=O) groups excluding carboxylic acids is 2. The van der Waals surface area contributed by atoms with E-state index in [1.54, 1.807) is 54.5 Å². The van der Waals surface area contributed by atoms with Crippen molar-refractivity contribution in [2.75, 3.05) is 18.6 Å². The summed E-state index contributed by atoms with van der Waals surface area (Å²) in [5.41, 5.74) is 0.552. The molecule has 4 aromatic rings. The molecular weight excluding hydrogens is 545 g/mol. The number of methoxy groups -OCH3 is 1. The minimum atomic E-state index is -4.61. The quantitative estimate of drug-likeness (QED) is 0.258. The highest BCUT2D eigenvalue weighted by molar-refractivity contribution is 6.04. The lowest BCUT2D eigenvalue weighted by molar-refractivity contribution is -0.192. The van der Waals surface area contributed by atoms with Crippen LogP contribution in [0.3, 0.4) is 0 Å². The SMILES string of the molecule is COc1ccc(CN2C(=O)CN3C(=O)[C@@H](OCc4ccccc4)[C@@]3(c3cccc(C(F)(F)F)c3)c3ccccc32)cc1. The number of benzene rings is 4. The third-order valence-corrected chi connectivity index (χ3v) is 7.88. The molecule has 0 unspecified atom stereocenters. The molecule has 42 heavy (non-hydrogen) atoms. The molecule has 2 amide bonds. The van der Waals surface area contributed by atoms with Crippen LogP contribution in [0.25, 0.3) is 0 Å². The Morgan fingerprint density at radius 2 is 1.57 bits per heavy atom. The average molecular weight is 573 g/mol. The van der Waals surface area contributed by atoms with Crippen LogP contribution in [0.5, 0.6) is 5.75 Å². The topological polar surface area (TPSA) is 59.1 Å². The summed E-state index contributed by atoms with van der Waals surface area (Å²) in [4.78, 5) is 30.5. The summed E-state index contributed by atoms with van der Waals surface area (Å²) >= 11 is 0. The third-order valence-electron chi connectivity index (χ3n) is 7.88. The van der Waals surface area contributed by atoms with Crippen molar-refractivity contribution in [3.63, 3.8) is 0 Å². The van der Waals surface area contributed by atoms with Crippen LogP contribution in [0.15, 0.2) is 103 Å². The van der Waals surface area contributed by atoms with Crippen molar-refractivity contribution in [3.8, 4) is 5.75 Å². The number of rotatable bonds is 7. The minimum Gasteiger partial charge on any atom is -0.497 e. The first-order chi connectivity index (χ1) is 20.2. The number of hydrogen-bond acceptors (Lipinski definition) is 4. The van der Waals surface area contributed by atoms with Crippen molar-refractivity contribution in [1.29, 1.82) is 0 Å². The molecule has 6 nitrogen and oxygen atoms in total. The Kier molecular flexibility index (Phi) is 6.98. The number of halogens is 3. The molecule has 214 valence electrons. The van der Waals surface area contributed by atoms with Crippen LogP contribution < -0.4 is 9.64 Å². The van der Waals surface area contributed by atoms with E-state index in [4.69, 9.17) is 9.47 Å². The van der Waals surface area contributed by atoms with Crippen LogP contribution in [-0.4, -0.2) is 36.5 Å². The van der Waals surface area contributed by atoms with Gasteiger partial charge in [-0.25, -0.2) is 0 Å². The molecule has 4 aromatic carbocycles. The zero-order valence-corrected chi connectivity index (χ0v) is 22.7. The van der Waals surface area contributed by atoms with Crippen molar-refractivity contribution in [2.24, 2.45) is 0 Å². The van der Waals surface area contributed by atoms with Crippen molar-refractivity contribution in [3.05, 3.63) is 131 Å². The monoisotopic (exact) mass is 572 g/mol. The summed E-state index contributed by atoms with van der Waals surface area (Å²) in [6, 6.07) is 28.5. The number of nitrogens with zero attached hydrogens (tertiary/aromatic N) is 2. The molecular formula is C33H27F3N2O4. The van der Waals surface area contributed by atoms with Gasteiger partial charge in [-0.1, -0.05) is 72.8 Å². The first-order valence-corrected chi connectivity index (χ1v) is 13.4. The smallest absolute Gasteiger partial charge is 0.416 e. The number of hydrogen-bond donors (Lipinski definition) is 0. The summed E-state index contributed by atoms with van der Waals surface area (Å²) in [5.74, 6) is -0.155. The van der Waals surface area contributed by atoms with E-state index in [1.165, 1.54) is 11.0 Å². The molecule has 0 radical (unpaired) electrons. The van der Waals surface area contributed by atoms with Crippen LogP contribution in [0.4, 0.5) is 18.9 Å². The van der Waals surface area contributed by atoms with Crippen molar-refractivity contribution >= 4 is 17.5 Å². The Morgan fingerprint density at radius 3 is 2.29 bits per heavy atom. The van der Waals surface area contributed by atoms with Gasteiger partial charge >= 0.3 is 6.18 Å². The second kappa shape index (κ2) is 10.6. The predicted octanol–water partition coefficient (Wildman–Crippen LogP) is 5.93. The number of anilines is 1. The Hall–Kier alpha value is -4.63. The Labute approximate surface area is 240 Å². The van der Waals surface area contributed by atoms with Crippen LogP contribution in [0, 0.1) is 0 Å². The molecule has 0 aliphatic carbocycles. The average Bonchev–Trinajstić information content (AvgIpc) is 3.09. The lowest BCUT2D eigenvalue weighted by Gasteiger charge is -2.56. The molecule has 0 bridgehead atoms. The second-order valence-electron chi connectivity index (χ2n) is 10.3. The van der Waals surface area contributed by atoms with E-state index in [0.717, 1.165) is 23.3 Å². The van der Waals surface area contributed by atoms with Crippen molar-refractivity contribution in [2.45, 2.75) is 31.0 Å². The van der Waals surface area contributed by atoms with Gasteiger partial charge in [-0.3, -0.25) is 9.59 Å². The summed E-state index contributed by atoms with van der Waals surface area (Å²) in [6.07, 6.45) is -5.76. The lowest BCUT2D eigenvalue weighted by Crippen LogP contribution is -2.73. The van der Waals surface area contributed by atoms with E-state index in [9.17, 15) is 22.8 Å². The van der Waals surface area contributed by atoms with E-state index in [2.05, 4.69) is 0 Å². The van der Waals surface area contributed by atoms with Gasteiger partial charge in [0, 0.05) is 5.56 Å². The van der Waals surface area contributed by atoms with E-state index >= 15 is 0 Å². The van der Waals surface area contributed by atoms with E-state index in [1.807, 2.05) is 42.5 Å². The fourth-order valence-electron chi connectivity index (χ4n) is 5.87. The number of ether oxygens (including phenoxy) is 2. The molecule has 0 spiro atoms. The second-order valence-corrected chi connectivity index (χ2v) is 10.3. The van der Waals surface area contributed by atoms with Gasteiger partial charge in [0.1, 0.15) is 17.8 Å². The number of carbonyl (C=O) groups is 2. The number of alkyl halides is 3. The van der Waals surface area contributed by atoms with Crippen LogP contribution in [-0.2, 0) is 39.2 Å². The normalized spacial score (nSPS) is 20.0. The highest BCUT2D eigenvalue weighted by Crippen LogP contribution is 2.53. The summed E-state index contributed by atoms with van der Waals surface area (Å²) in [6.45, 7) is -0.0708. The highest BCUT2D eigenvalue weighted by atomic mass is 19.4. The number of β-lactam (4-membered cyclic amide) rings is 1. The van der Waals surface area contributed by atoms with Gasteiger partial charge in [0.2, 0.25) is 5.91 Å². The fraction of sp³-hybridized carbons (Fsp3) is 0.212. The van der Waals surface area contributed by atoms with Crippen molar-refractivity contribution < 1.29 is 32.2 Å². The van der Waals surface area contributed by atoms with Crippen molar-refractivity contribution in [1.82, 2.24) is 4.90 Å². The first-order valence-electron chi connectivity index (χ1n) is 13.4. The van der Waals surface area contributed by atoms with E-state index in [-0.39, 0.29) is 31.2 Å². The summed E-state index contributed by atoms with van der Waals surface area (Å²) < 4.78 is 53.3. The molecule has 0 saturated carbocycles. The fourth-order valence-corrected chi connectivity index (χ4v) is 5.87. The van der Waals surface area contributed by atoms with Gasteiger partial charge in [0.15, 0.2) is 6.10 Å². The molecule has 0 aromatic heterocycles. The Bertz CT molecular complexity index is 1620. The maximum absolute atomic E-state index is 13.9. The molecule has 2 aliphatic heterocycles. The van der Waals surface area contributed by atoms with Gasteiger partial charge in [-0.2, -0.15) is 13.2 Å². The highest BCUT2D eigenvalue weighted by Gasteiger charge is 2.65. The van der Waals surface area contributed by atoms with Gasteiger partial charge in [-0.15, -0.1) is 0 Å². The van der Waals surface area contributed by atoms with Crippen LogP contribution in [0.2, 0.25) is 0 Å². The molecule has 0 N–H and O–H groups in total. The Morgan fingerprint density at radius 1 is 0.857 bits per heavy atom. The number of fused-ring (bicyclic) bond motifs is 3. The van der Waals surface area contributed by atoms with E-state index in [0.29, 0.717) is 17.0 Å². The predicted molar refractivity (Wildman–Crippen MR) is 150 cm³/mol. The molecule has 6 rings (SSSR count). The standard InChI is InChI=1S/C33H27F3N2O4/c1-41-26-16-14-22(15-17-26)19-37-28-13-6-5-12-27(28)32(24-10-7-11-25(18-24)33(34,35)36)30(31(40)38(32)20-29(37)39)42-21-23-8-3-2-4-9-23/h2-18,30H,19-21H2,1H3/t30-,32-/m1/s1. The zero-order valence-electron chi connectivity index (χ0n) is 22.7. The maximum Gasteiger partial charge on any atom is 0.416 e. The van der Waals surface area contributed by atoms with Gasteiger partial charge in [-0.05, 0) is 47.0 Å². The molecule has 9 heteroatoms. The maximum atomic E-state index is 13.9. The third kappa shape index (κ3) is 4.59. The Balaban J connectivity index is 1.50. The first kappa shape index (κ1) is 27.5. The zero-order chi connectivity index (χ0) is 29.5. The molecule has 2 heterocycles. The molecule has 2 aliphatic rings. The lowest BCUT2D eigenvalue weighted by atomic mass is 9.69. The van der Waals surface area contributed by atoms with Gasteiger partial charge in [0.05, 0.1) is 31.5 Å². The van der Waals surface area contributed by atoms with E-state index < -0.39 is 29.3 Å². The van der Waals surface area contributed by atoms with Crippen LogP contribution in [0.1, 0.15) is 27.8 Å². The number of amides is 2. The largest absolute Gasteiger partial charge is 0.497 e. The summed E-state index contributed by atoms with van der Waals surface area (Å²) in [7, 11) is 1.56. The molecule has 2 atom stereocenters. The van der Waals surface area contributed by atoms with Gasteiger partial charge < -0.3 is 19.3 Å². The minimum absolute atomic E-state index is 0.0669. The molecule has 1 saturated heterocycles. The number of para-hydroxylation sites is 1. The summed E-state index contributed by atoms with van der Waals surface area (Å²) in [5, 5.41) is 0. The van der Waals surface area contributed by atoms with Gasteiger partial charge in [0.25, 0.3) is 5.91 Å². The van der Waals surface area contributed by atoms with Crippen LogP contribution >= 0.6 is 0 Å².